The minimum absolute atomic E-state index is 0.188. The Kier molecular flexibility index (Phi) is 5.62. The number of carbonyl (C=O) groups is 1. The minimum Gasteiger partial charge on any atom is -0.497 e. The van der Waals surface area contributed by atoms with Crippen LogP contribution in [0.25, 0.3) is 17.5 Å². The van der Waals surface area contributed by atoms with Gasteiger partial charge < -0.3 is 10.1 Å². The first-order valence-corrected chi connectivity index (χ1v) is 9.02. The summed E-state index contributed by atoms with van der Waals surface area (Å²) in [5.74, 6) is 1.75. The summed E-state index contributed by atoms with van der Waals surface area (Å²) in [7, 11) is 1.62. The number of nitrogens with one attached hydrogen (secondary N) is 2. The molecular formula is C17H15BrN4O2S. The number of aromatic amines is 1. The molecule has 0 bridgehead atoms. The van der Waals surface area contributed by atoms with Gasteiger partial charge in [0.05, 0.1) is 17.4 Å². The maximum absolute atomic E-state index is 11.9. The fraction of sp³-hybridized carbons (Fsp3) is 0.118. The van der Waals surface area contributed by atoms with E-state index in [4.69, 9.17) is 4.74 Å². The van der Waals surface area contributed by atoms with Crippen molar-refractivity contribution in [1.29, 1.82) is 0 Å². The van der Waals surface area contributed by atoms with E-state index in [1.54, 1.807) is 24.5 Å². The smallest absolute Gasteiger partial charge is 0.244 e. The number of hydrogen-bond donors (Lipinski definition) is 2. The van der Waals surface area contributed by atoms with Crippen LogP contribution in [-0.4, -0.2) is 28.2 Å². The van der Waals surface area contributed by atoms with E-state index in [2.05, 4.69) is 36.4 Å². The molecule has 1 amide bonds. The van der Waals surface area contributed by atoms with E-state index < -0.39 is 0 Å². The zero-order valence-electron chi connectivity index (χ0n) is 13.3. The molecule has 6 nitrogen and oxygen atoms in total. The molecule has 1 aromatic carbocycles. The molecule has 3 rings (SSSR count). The summed E-state index contributed by atoms with van der Waals surface area (Å²) in [5, 5.41) is 9.77. The van der Waals surface area contributed by atoms with E-state index in [-0.39, 0.29) is 12.5 Å². The van der Waals surface area contributed by atoms with Crippen LogP contribution in [0.4, 0.5) is 0 Å². The third kappa shape index (κ3) is 4.77. The number of halogens is 1. The Labute approximate surface area is 157 Å². The van der Waals surface area contributed by atoms with Crippen molar-refractivity contribution < 1.29 is 9.53 Å². The average Bonchev–Trinajstić information content (AvgIpc) is 3.27. The first kappa shape index (κ1) is 17.4. The van der Waals surface area contributed by atoms with Gasteiger partial charge in [0.2, 0.25) is 5.91 Å². The van der Waals surface area contributed by atoms with Gasteiger partial charge in [-0.25, -0.2) is 4.98 Å². The molecule has 0 aliphatic rings. The minimum atomic E-state index is -0.188. The summed E-state index contributed by atoms with van der Waals surface area (Å²) in [5.41, 5.74) is 0.873. The molecule has 0 unspecified atom stereocenters. The monoisotopic (exact) mass is 418 g/mol. The average molecular weight is 419 g/mol. The molecule has 0 spiro atoms. The number of hydrogen-bond acceptors (Lipinski definition) is 5. The van der Waals surface area contributed by atoms with Crippen LogP contribution in [0.5, 0.6) is 5.75 Å². The summed E-state index contributed by atoms with van der Waals surface area (Å²) in [6.45, 7) is 0.278. The normalized spacial score (nSPS) is 11.0. The van der Waals surface area contributed by atoms with E-state index in [9.17, 15) is 4.79 Å². The molecule has 2 N–H and O–H groups in total. The maximum atomic E-state index is 11.9. The van der Waals surface area contributed by atoms with Crippen LogP contribution < -0.4 is 10.1 Å². The third-order valence-corrected chi connectivity index (χ3v) is 4.89. The van der Waals surface area contributed by atoms with Crippen LogP contribution in [0.2, 0.25) is 0 Å². The number of rotatable bonds is 6. The third-order valence-electron chi connectivity index (χ3n) is 3.30. The number of aromatic nitrogens is 3. The number of carbonyl (C=O) groups excluding carboxylic acids is 1. The van der Waals surface area contributed by atoms with E-state index in [0.717, 1.165) is 20.0 Å². The number of ether oxygens (including phenoxy) is 1. The molecule has 25 heavy (non-hydrogen) atoms. The van der Waals surface area contributed by atoms with Gasteiger partial charge in [-0.2, -0.15) is 5.10 Å². The first-order chi connectivity index (χ1) is 12.1. The Balaban J connectivity index is 1.55. The molecule has 0 radical (unpaired) electrons. The van der Waals surface area contributed by atoms with Crippen molar-refractivity contribution in [2.24, 2.45) is 0 Å². The lowest BCUT2D eigenvalue weighted by Gasteiger charge is -1.99. The van der Waals surface area contributed by atoms with E-state index >= 15 is 0 Å². The van der Waals surface area contributed by atoms with Crippen molar-refractivity contribution in [1.82, 2.24) is 20.5 Å². The van der Waals surface area contributed by atoms with Crippen molar-refractivity contribution >= 4 is 39.2 Å². The van der Waals surface area contributed by atoms with Crippen molar-refractivity contribution in [3.63, 3.8) is 0 Å². The number of thiophene rings is 1. The Morgan fingerprint density at radius 2 is 2.12 bits per heavy atom. The molecule has 0 aliphatic heterocycles. The van der Waals surface area contributed by atoms with Gasteiger partial charge in [0.15, 0.2) is 5.82 Å². The van der Waals surface area contributed by atoms with Gasteiger partial charge in [-0.15, -0.1) is 11.3 Å². The molecule has 0 saturated heterocycles. The molecule has 0 atom stereocenters. The Morgan fingerprint density at radius 3 is 2.80 bits per heavy atom. The Morgan fingerprint density at radius 1 is 1.32 bits per heavy atom. The largest absolute Gasteiger partial charge is 0.497 e. The van der Waals surface area contributed by atoms with Crippen LogP contribution >= 0.6 is 27.3 Å². The van der Waals surface area contributed by atoms with Crippen LogP contribution in [0, 0.1) is 0 Å². The number of nitrogens with zero attached hydrogens (tertiary/aromatic N) is 2. The molecule has 8 heteroatoms. The molecule has 0 fully saturated rings. The maximum Gasteiger partial charge on any atom is 0.244 e. The summed E-state index contributed by atoms with van der Waals surface area (Å²) in [6.07, 6.45) is 3.27. The fourth-order valence-electron chi connectivity index (χ4n) is 2.05. The second-order valence-electron chi connectivity index (χ2n) is 5.03. The summed E-state index contributed by atoms with van der Waals surface area (Å²) < 4.78 is 6.16. The Hall–Kier alpha value is -2.45. The predicted molar refractivity (Wildman–Crippen MR) is 101 cm³/mol. The SMILES string of the molecule is COc1ccc(-c2n[nH]c(CNC(=O)/C=C/c3ccc(Br)s3)n2)cc1. The van der Waals surface area contributed by atoms with Gasteiger partial charge in [-0.1, -0.05) is 0 Å². The topological polar surface area (TPSA) is 79.9 Å². The number of amides is 1. The standard InChI is InChI=1S/C17H15BrN4O2S/c1-24-12-4-2-11(3-5-12)17-20-15(21-22-17)10-19-16(23)9-7-13-6-8-14(18)25-13/h2-9H,10H2,1H3,(H,19,23)(H,20,21,22)/b9-7+. The predicted octanol–water partition coefficient (Wildman–Crippen LogP) is 3.63. The Bertz CT molecular complexity index is 886. The van der Waals surface area contributed by atoms with Crippen LogP contribution in [0.15, 0.2) is 46.3 Å². The zero-order chi connectivity index (χ0) is 17.6. The highest BCUT2D eigenvalue weighted by atomic mass is 79.9. The van der Waals surface area contributed by atoms with Crippen LogP contribution in [-0.2, 0) is 11.3 Å². The second kappa shape index (κ2) is 8.09. The van der Waals surface area contributed by atoms with Gasteiger partial charge in [0.1, 0.15) is 11.6 Å². The molecule has 0 aliphatic carbocycles. The van der Waals surface area contributed by atoms with E-state index in [1.165, 1.54) is 6.08 Å². The molecule has 3 aromatic rings. The summed E-state index contributed by atoms with van der Waals surface area (Å²) >= 11 is 4.95. The lowest BCUT2D eigenvalue weighted by Crippen LogP contribution is -2.20. The highest BCUT2D eigenvalue weighted by Gasteiger charge is 2.07. The van der Waals surface area contributed by atoms with Crippen molar-refractivity contribution in [2.75, 3.05) is 7.11 Å². The first-order valence-electron chi connectivity index (χ1n) is 7.41. The van der Waals surface area contributed by atoms with Crippen LogP contribution in [0.1, 0.15) is 10.7 Å². The van der Waals surface area contributed by atoms with Gasteiger partial charge in [-0.05, 0) is 58.4 Å². The van der Waals surface area contributed by atoms with E-state index in [0.29, 0.717) is 11.6 Å². The number of H-pyrrole nitrogens is 1. The molecule has 2 heterocycles. The lowest BCUT2D eigenvalue weighted by molar-refractivity contribution is -0.116. The van der Waals surface area contributed by atoms with Gasteiger partial charge in [0.25, 0.3) is 0 Å². The fourth-order valence-corrected chi connectivity index (χ4v) is 3.38. The summed E-state index contributed by atoms with van der Waals surface area (Å²) in [4.78, 5) is 17.2. The van der Waals surface area contributed by atoms with Gasteiger partial charge in [0, 0.05) is 16.5 Å². The molecular weight excluding hydrogens is 404 g/mol. The van der Waals surface area contributed by atoms with Crippen molar-refractivity contribution in [2.45, 2.75) is 6.54 Å². The molecule has 2 aromatic heterocycles. The van der Waals surface area contributed by atoms with Crippen LogP contribution in [0.3, 0.4) is 0 Å². The van der Waals surface area contributed by atoms with Gasteiger partial charge in [-0.3, -0.25) is 9.89 Å². The van der Waals surface area contributed by atoms with Gasteiger partial charge >= 0.3 is 0 Å². The lowest BCUT2D eigenvalue weighted by atomic mass is 10.2. The zero-order valence-corrected chi connectivity index (χ0v) is 15.7. The highest BCUT2D eigenvalue weighted by Crippen LogP contribution is 2.23. The summed E-state index contributed by atoms with van der Waals surface area (Å²) in [6, 6.07) is 11.3. The van der Waals surface area contributed by atoms with Crippen molar-refractivity contribution in [3.05, 3.63) is 57.0 Å². The highest BCUT2D eigenvalue weighted by molar-refractivity contribution is 9.11. The second-order valence-corrected chi connectivity index (χ2v) is 7.52. The van der Waals surface area contributed by atoms with Crippen molar-refractivity contribution in [3.8, 4) is 17.1 Å². The number of methoxy groups -OCH3 is 1. The molecule has 128 valence electrons. The number of benzene rings is 1. The quantitative estimate of drug-likeness (QED) is 0.598. The van der Waals surface area contributed by atoms with E-state index in [1.807, 2.05) is 36.4 Å². The molecule has 0 saturated carbocycles.